The Bertz CT molecular complexity index is 580. The molecule has 0 amide bonds. The Morgan fingerprint density at radius 2 is 1.86 bits per heavy atom. The summed E-state index contributed by atoms with van der Waals surface area (Å²) in [5.41, 5.74) is 7.35. The molecule has 0 saturated heterocycles. The van der Waals surface area contributed by atoms with Gasteiger partial charge < -0.3 is 10.5 Å². The summed E-state index contributed by atoms with van der Waals surface area (Å²) < 4.78 is 19.6. The van der Waals surface area contributed by atoms with E-state index in [1.165, 1.54) is 11.6 Å². The SMILES string of the molecule is CCC(C)c1ccc(Oc2cccc(F)c2CCN)cc1. The molecule has 1 atom stereocenters. The standard InChI is InChI=1S/C18H22FNO/c1-3-13(2)14-7-9-15(10-8-14)21-18-6-4-5-17(19)16(18)11-12-20/h4-10,13H,3,11-12,20H2,1-2H3. The Morgan fingerprint density at radius 1 is 1.14 bits per heavy atom. The normalized spacial score (nSPS) is 12.2. The van der Waals surface area contributed by atoms with Gasteiger partial charge in [-0.15, -0.1) is 0 Å². The topological polar surface area (TPSA) is 35.2 Å². The number of benzene rings is 2. The van der Waals surface area contributed by atoms with Gasteiger partial charge in [-0.1, -0.05) is 32.0 Å². The van der Waals surface area contributed by atoms with Crippen molar-refractivity contribution < 1.29 is 9.13 Å². The molecule has 0 fully saturated rings. The molecule has 0 aliphatic carbocycles. The minimum Gasteiger partial charge on any atom is -0.457 e. The summed E-state index contributed by atoms with van der Waals surface area (Å²) in [6.07, 6.45) is 1.57. The fourth-order valence-corrected chi connectivity index (χ4v) is 2.25. The fraction of sp³-hybridized carbons (Fsp3) is 0.333. The molecule has 21 heavy (non-hydrogen) atoms. The molecule has 2 aromatic rings. The summed E-state index contributed by atoms with van der Waals surface area (Å²) in [5.74, 6) is 1.51. The summed E-state index contributed by atoms with van der Waals surface area (Å²) in [6, 6.07) is 12.8. The van der Waals surface area contributed by atoms with Crippen molar-refractivity contribution in [1.82, 2.24) is 0 Å². The number of hydrogen-bond acceptors (Lipinski definition) is 2. The van der Waals surface area contributed by atoms with Gasteiger partial charge in [0.15, 0.2) is 0 Å². The van der Waals surface area contributed by atoms with Gasteiger partial charge in [-0.3, -0.25) is 0 Å². The van der Waals surface area contributed by atoms with Crippen LogP contribution in [-0.4, -0.2) is 6.54 Å². The van der Waals surface area contributed by atoms with Gasteiger partial charge in [0.05, 0.1) is 0 Å². The number of hydrogen-bond donors (Lipinski definition) is 1. The molecule has 3 heteroatoms. The van der Waals surface area contributed by atoms with Crippen molar-refractivity contribution in [1.29, 1.82) is 0 Å². The third kappa shape index (κ3) is 3.82. The summed E-state index contributed by atoms with van der Waals surface area (Å²) in [4.78, 5) is 0. The van der Waals surface area contributed by atoms with E-state index in [1.54, 1.807) is 12.1 Å². The molecule has 0 aromatic heterocycles. The highest BCUT2D eigenvalue weighted by atomic mass is 19.1. The van der Waals surface area contributed by atoms with E-state index in [-0.39, 0.29) is 5.82 Å². The first kappa shape index (κ1) is 15.5. The average Bonchev–Trinajstić information content (AvgIpc) is 2.51. The first-order valence-electron chi connectivity index (χ1n) is 7.41. The molecule has 0 bridgehead atoms. The third-order valence-corrected chi connectivity index (χ3v) is 3.76. The molecule has 2 N–H and O–H groups in total. The number of halogens is 1. The molecule has 0 radical (unpaired) electrons. The quantitative estimate of drug-likeness (QED) is 0.840. The van der Waals surface area contributed by atoms with Crippen molar-refractivity contribution >= 4 is 0 Å². The average molecular weight is 287 g/mol. The fourth-order valence-electron chi connectivity index (χ4n) is 2.25. The summed E-state index contributed by atoms with van der Waals surface area (Å²) >= 11 is 0. The molecular weight excluding hydrogens is 265 g/mol. The number of rotatable bonds is 6. The minimum absolute atomic E-state index is 0.269. The Kier molecular flexibility index (Phi) is 5.34. The second-order valence-electron chi connectivity index (χ2n) is 5.24. The van der Waals surface area contributed by atoms with Crippen LogP contribution in [0, 0.1) is 5.82 Å². The lowest BCUT2D eigenvalue weighted by Crippen LogP contribution is -2.06. The van der Waals surface area contributed by atoms with Crippen molar-refractivity contribution in [3.63, 3.8) is 0 Å². The second kappa shape index (κ2) is 7.23. The molecule has 0 heterocycles. The van der Waals surface area contributed by atoms with Crippen LogP contribution in [0.25, 0.3) is 0 Å². The monoisotopic (exact) mass is 287 g/mol. The van der Waals surface area contributed by atoms with Gasteiger partial charge in [-0.2, -0.15) is 0 Å². The van der Waals surface area contributed by atoms with Crippen molar-refractivity contribution in [2.75, 3.05) is 6.54 Å². The zero-order chi connectivity index (χ0) is 15.2. The lowest BCUT2D eigenvalue weighted by molar-refractivity contribution is 0.466. The highest BCUT2D eigenvalue weighted by Gasteiger charge is 2.10. The molecule has 112 valence electrons. The van der Waals surface area contributed by atoms with E-state index < -0.39 is 0 Å². The van der Waals surface area contributed by atoms with Crippen LogP contribution in [0.3, 0.4) is 0 Å². The number of ether oxygens (including phenoxy) is 1. The maximum absolute atomic E-state index is 13.8. The van der Waals surface area contributed by atoms with Crippen molar-refractivity contribution in [3.05, 3.63) is 59.4 Å². The van der Waals surface area contributed by atoms with Crippen LogP contribution in [0.1, 0.15) is 37.3 Å². The zero-order valence-electron chi connectivity index (χ0n) is 12.6. The Labute approximate surface area is 125 Å². The lowest BCUT2D eigenvalue weighted by Gasteiger charge is -2.13. The molecule has 0 aliphatic heterocycles. The Morgan fingerprint density at radius 3 is 2.48 bits per heavy atom. The predicted molar refractivity (Wildman–Crippen MR) is 84.4 cm³/mol. The van der Waals surface area contributed by atoms with Crippen LogP contribution >= 0.6 is 0 Å². The van der Waals surface area contributed by atoms with Crippen LogP contribution < -0.4 is 10.5 Å². The summed E-state index contributed by atoms with van der Waals surface area (Å²) in [5, 5.41) is 0. The first-order chi connectivity index (χ1) is 10.2. The van der Waals surface area contributed by atoms with Crippen molar-refractivity contribution in [2.45, 2.75) is 32.6 Å². The molecule has 2 rings (SSSR count). The van der Waals surface area contributed by atoms with Crippen LogP contribution in [0.5, 0.6) is 11.5 Å². The van der Waals surface area contributed by atoms with E-state index in [9.17, 15) is 4.39 Å². The van der Waals surface area contributed by atoms with Gasteiger partial charge >= 0.3 is 0 Å². The first-order valence-corrected chi connectivity index (χ1v) is 7.41. The molecule has 2 aromatic carbocycles. The molecule has 0 saturated carbocycles. The van der Waals surface area contributed by atoms with Gasteiger partial charge in [0.1, 0.15) is 17.3 Å². The summed E-state index contributed by atoms with van der Waals surface area (Å²) in [6.45, 7) is 4.76. The van der Waals surface area contributed by atoms with Crippen molar-refractivity contribution in [2.24, 2.45) is 5.73 Å². The number of nitrogens with two attached hydrogens (primary N) is 1. The minimum atomic E-state index is -0.269. The molecular formula is C18H22FNO. The highest BCUT2D eigenvalue weighted by Crippen LogP contribution is 2.29. The Hall–Kier alpha value is -1.87. The predicted octanol–water partition coefficient (Wildman–Crippen LogP) is 4.63. The van der Waals surface area contributed by atoms with Gasteiger partial charge in [0.25, 0.3) is 0 Å². The van der Waals surface area contributed by atoms with Crippen LogP contribution in [-0.2, 0) is 6.42 Å². The lowest BCUT2D eigenvalue weighted by atomic mass is 9.99. The molecule has 1 unspecified atom stereocenters. The van der Waals surface area contributed by atoms with Gasteiger partial charge in [-0.05, 0) is 55.1 Å². The Balaban J connectivity index is 2.20. The van der Waals surface area contributed by atoms with Gasteiger partial charge in [-0.25, -0.2) is 4.39 Å². The van der Waals surface area contributed by atoms with E-state index in [0.29, 0.717) is 35.9 Å². The van der Waals surface area contributed by atoms with E-state index >= 15 is 0 Å². The van der Waals surface area contributed by atoms with E-state index in [2.05, 4.69) is 26.0 Å². The van der Waals surface area contributed by atoms with Crippen molar-refractivity contribution in [3.8, 4) is 11.5 Å². The zero-order valence-corrected chi connectivity index (χ0v) is 12.6. The molecule has 0 aliphatic rings. The van der Waals surface area contributed by atoms with Gasteiger partial charge in [0, 0.05) is 5.56 Å². The maximum Gasteiger partial charge on any atom is 0.133 e. The van der Waals surface area contributed by atoms with E-state index in [4.69, 9.17) is 10.5 Å². The largest absolute Gasteiger partial charge is 0.457 e. The second-order valence-corrected chi connectivity index (χ2v) is 5.24. The van der Waals surface area contributed by atoms with Crippen LogP contribution in [0.4, 0.5) is 4.39 Å². The molecule has 0 spiro atoms. The van der Waals surface area contributed by atoms with Crippen LogP contribution in [0.15, 0.2) is 42.5 Å². The highest BCUT2D eigenvalue weighted by molar-refractivity contribution is 5.40. The summed E-state index contributed by atoms with van der Waals surface area (Å²) in [7, 11) is 0. The van der Waals surface area contributed by atoms with E-state index in [1.807, 2.05) is 12.1 Å². The van der Waals surface area contributed by atoms with Gasteiger partial charge in [0.2, 0.25) is 0 Å². The third-order valence-electron chi connectivity index (χ3n) is 3.76. The molecule has 2 nitrogen and oxygen atoms in total. The smallest absolute Gasteiger partial charge is 0.133 e. The van der Waals surface area contributed by atoms with E-state index in [0.717, 1.165) is 6.42 Å². The van der Waals surface area contributed by atoms with Crippen LogP contribution in [0.2, 0.25) is 0 Å². The maximum atomic E-state index is 13.8.